The molecule has 0 fully saturated rings. The van der Waals surface area contributed by atoms with E-state index in [-0.39, 0.29) is 43.3 Å². The van der Waals surface area contributed by atoms with Gasteiger partial charge in [0.15, 0.2) is 0 Å². The van der Waals surface area contributed by atoms with Gasteiger partial charge in [-0.3, -0.25) is 0 Å². The first-order valence-electron chi connectivity index (χ1n) is 29.9. The minimum Gasteiger partial charge on any atom is -0.0574 e. The van der Waals surface area contributed by atoms with Crippen molar-refractivity contribution in [3.05, 3.63) is 235 Å². The maximum Gasteiger partial charge on any atom is 0.0655 e. The summed E-state index contributed by atoms with van der Waals surface area (Å²) in [6.45, 7) is 56.5. The largest absolute Gasteiger partial charge is 0.0655 e. The van der Waals surface area contributed by atoms with Gasteiger partial charge < -0.3 is 0 Å². The molecule has 0 amide bonds. The fraction of sp³-hybridized carbons (Fsp3) is 0.400. The van der Waals surface area contributed by atoms with Crippen molar-refractivity contribution in [2.45, 2.75) is 209 Å². The predicted molar refractivity (Wildman–Crippen MR) is 349 cm³/mol. The zero-order valence-electron chi connectivity index (χ0n) is 53.9. The van der Waals surface area contributed by atoms with E-state index in [0.29, 0.717) is 0 Å². The average Bonchev–Trinajstić information content (AvgIpc) is 3.83. The first-order chi connectivity index (χ1) is 36.7. The Hall–Kier alpha value is -6.24. The first-order valence-corrected chi connectivity index (χ1v) is 29.9. The molecule has 8 aliphatic carbocycles. The zero-order valence-corrected chi connectivity index (χ0v) is 53.9. The van der Waals surface area contributed by atoms with E-state index in [9.17, 15) is 0 Å². The highest BCUT2D eigenvalue weighted by molar-refractivity contribution is 5.90. The van der Waals surface area contributed by atoms with Gasteiger partial charge in [0.1, 0.15) is 0 Å². The normalized spacial score (nSPS) is 13.5. The molecule has 1 aromatic rings. The molecule has 0 aliphatic heterocycles. The lowest BCUT2D eigenvalue weighted by Gasteiger charge is -2.18. The van der Waals surface area contributed by atoms with Gasteiger partial charge in [-0.1, -0.05) is 215 Å². The third-order valence-electron chi connectivity index (χ3n) is 17.3. The van der Waals surface area contributed by atoms with Crippen LogP contribution >= 0.6 is 0 Å². The Labute approximate surface area is 486 Å². The molecule has 0 bridgehead atoms. The Bertz CT molecular complexity index is 3120. The summed E-state index contributed by atoms with van der Waals surface area (Å²) in [7, 11) is 0. The van der Waals surface area contributed by atoms with Gasteiger partial charge in [0.05, 0.1) is 45.2 Å². The molecule has 0 heterocycles. The van der Waals surface area contributed by atoms with Crippen molar-refractivity contribution in [3.8, 4) is 44.5 Å². The van der Waals surface area contributed by atoms with Gasteiger partial charge in [-0.2, -0.15) is 0 Å². The van der Waals surface area contributed by atoms with Crippen LogP contribution < -0.4 is 0 Å². The van der Waals surface area contributed by atoms with Crippen molar-refractivity contribution in [3.63, 3.8) is 0 Å². The molecule has 80 heavy (non-hydrogen) atoms. The molecule has 0 spiro atoms. The van der Waals surface area contributed by atoms with Crippen molar-refractivity contribution in [2.24, 2.45) is 0 Å². The Kier molecular flexibility index (Phi) is 14.4. The van der Waals surface area contributed by atoms with E-state index in [1.165, 1.54) is 134 Å². The van der Waals surface area contributed by atoms with E-state index in [0.717, 1.165) is 0 Å². The summed E-state index contributed by atoms with van der Waals surface area (Å²) < 4.78 is 0. The molecule has 0 heteroatoms. The minimum absolute atomic E-state index is 0.00199. The predicted octanol–water partition coefficient (Wildman–Crippen LogP) is 22.5. The molecule has 0 saturated heterocycles. The molecule has 8 aliphatic rings. The van der Waals surface area contributed by atoms with E-state index >= 15 is 0 Å². The highest BCUT2D eigenvalue weighted by Crippen LogP contribution is 2.54. The van der Waals surface area contributed by atoms with Crippen molar-refractivity contribution >= 4 is 0 Å². The number of benzene rings is 1. The number of hydrogen-bond acceptors (Lipinski definition) is 0. The molecular formula is C80H96+2. The van der Waals surface area contributed by atoms with E-state index in [1.54, 1.807) is 0 Å². The zero-order chi connectivity index (χ0) is 58.8. The van der Waals surface area contributed by atoms with Crippen LogP contribution in [0.1, 0.15) is 244 Å². The third kappa shape index (κ3) is 11.1. The van der Waals surface area contributed by atoms with E-state index in [4.69, 9.17) is 0 Å². The van der Waals surface area contributed by atoms with E-state index in [1.807, 2.05) is 0 Å². The molecule has 1 aromatic carbocycles. The van der Waals surface area contributed by atoms with Gasteiger partial charge in [0, 0.05) is 68.8 Å². The molecule has 0 atom stereocenters. The smallest absolute Gasteiger partial charge is 0.0574 e. The molecular weight excluding hydrogens is 961 g/mol. The standard InChI is InChI=1S/C80H96/c1-73(2,3)51-29-37-55-59(41-33-51)67(77(13,14)15)45-63(55)71(64-46-68(78(16,17)18)60-42-34-52(74(4,5)6)30-38-56(60)64)49-25-27-50(28-26-49)72(65-47-69(79(19,20)21)61-43-35-53(75(7,8)9)31-39-57(61)65)66-48-70(80(22,23)24)62-44-36-54(76(10,11)12)32-40-58(62)66/h25-48H,1-24H3/q+2. The second-order valence-electron chi connectivity index (χ2n) is 32.0. The van der Waals surface area contributed by atoms with Crippen LogP contribution in [0.4, 0.5) is 0 Å². The lowest BCUT2D eigenvalue weighted by Crippen LogP contribution is -2.11. The number of rotatable bonds is 6. The maximum absolute atomic E-state index is 2.55. The van der Waals surface area contributed by atoms with Gasteiger partial charge in [-0.25, -0.2) is 0 Å². The first kappa shape index (κ1) is 58.4. The molecule has 0 aromatic heterocycles. The van der Waals surface area contributed by atoms with Gasteiger partial charge >= 0.3 is 0 Å². The highest BCUT2D eigenvalue weighted by Gasteiger charge is 2.42. The van der Waals surface area contributed by atoms with Crippen LogP contribution in [0.5, 0.6) is 0 Å². The second kappa shape index (κ2) is 19.7. The van der Waals surface area contributed by atoms with E-state index < -0.39 is 0 Å². The highest BCUT2D eigenvalue weighted by atomic mass is 14.4. The summed E-state index contributed by atoms with van der Waals surface area (Å²) in [5.41, 5.74) is 28.4. The SMILES string of the molecule is CC(C)(C)c1ccc2c([C+](c3ccc([C+](c4cc(C(C)(C)C)c5ccc(C(C)(C)C)ccc4-5)c4cc(C(C)(C)C)c5ccc(C(C)(C)C)ccc4-5)cc3)c3cc(C(C)(C)C)c4ccc(C(C)(C)C)ccc3-4)cc(C(C)(C)C)c-2cc1. The quantitative estimate of drug-likeness (QED) is 0.146. The second-order valence-corrected chi connectivity index (χ2v) is 32.0. The van der Waals surface area contributed by atoms with Crippen molar-refractivity contribution in [1.29, 1.82) is 0 Å². The fourth-order valence-corrected chi connectivity index (χ4v) is 12.4. The Balaban J connectivity index is 1.39. The monoisotopic (exact) mass is 1060 g/mol. The fourth-order valence-electron chi connectivity index (χ4n) is 12.4. The summed E-state index contributed by atoms with van der Waals surface area (Å²) in [6, 6.07) is 58.5. The molecule has 0 unspecified atom stereocenters. The van der Waals surface area contributed by atoms with Crippen LogP contribution in [0.25, 0.3) is 44.5 Å². The summed E-state index contributed by atoms with van der Waals surface area (Å²) in [5.74, 6) is 2.55. The molecule has 0 nitrogen and oxygen atoms in total. The van der Waals surface area contributed by atoms with Crippen LogP contribution in [-0.2, 0) is 43.3 Å². The van der Waals surface area contributed by atoms with E-state index in [2.05, 4.69) is 312 Å². The summed E-state index contributed by atoms with van der Waals surface area (Å²) in [6.07, 6.45) is 0. The summed E-state index contributed by atoms with van der Waals surface area (Å²) in [5, 5.41) is 0. The third-order valence-corrected chi connectivity index (χ3v) is 17.3. The molecule has 0 radical (unpaired) electrons. The Morgan fingerprint density at radius 2 is 0.350 bits per heavy atom. The minimum atomic E-state index is -0.0959. The van der Waals surface area contributed by atoms with Crippen LogP contribution in [0, 0.1) is 11.8 Å². The van der Waals surface area contributed by atoms with Gasteiger partial charge in [-0.05, 0) is 161 Å². The summed E-state index contributed by atoms with van der Waals surface area (Å²) in [4.78, 5) is 0. The van der Waals surface area contributed by atoms with Crippen LogP contribution in [-0.4, -0.2) is 0 Å². The lowest BCUT2D eigenvalue weighted by molar-refractivity contribution is 0.590. The molecule has 414 valence electrons. The van der Waals surface area contributed by atoms with Crippen LogP contribution in [0.15, 0.2) is 146 Å². The average molecular weight is 1060 g/mol. The van der Waals surface area contributed by atoms with Gasteiger partial charge in [-0.15, -0.1) is 0 Å². The molecule has 9 rings (SSSR count). The maximum atomic E-state index is 2.55. The van der Waals surface area contributed by atoms with Crippen molar-refractivity contribution in [1.82, 2.24) is 0 Å². The Morgan fingerprint density at radius 1 is 0.188 bits per heavy atom. The van der Waals surface area contributed by atoms with Crippen LogP contribution in [0.2, 0.25) is 0 Å². The van der Waals surface area contributed by atoms with Crippen molar-refractivity contribution < 1.29 is 0 Å². The van der Waals surface area contributed by atoms with Gasteiger partial charge in [0.2, 0.25) is 0 Å². The number of hydrogen-bond donors (Lipinski definition) is 0. The summed E-state index contributed by atoms with van der Waals surface area (Å²) >= 11 is 0. The van der Waals surface area contributed by atoms with Gasteiger partial charge in [0.25, 0.3) is 0 Å². The van der Waals surface area contributed by atoms with Crippen molar-refractivity contribution in [2.75, 3.05) is 0 Å². The topological polar surface area (TPSA) is 0 Å². The molecule has 0 saturated carbocycles. The lowest BCUT2D eigenvalue weighted by atomic mass is 9.80. The Morgan fingerprint density at radius 3 is 0.500 bits per heavy atom. The van der Waals surface area contributed by atoms with Crippen LogP contribution in [0.3, 0.4) is 0 Å². The number of fused-ring (bicyclic) bond motifs is 4. The molecule has 0 N–H and O–H groups in total.